The van der Waals surface area contributed by atoms with Crippen LogP contribution in [0.3, 0.4) is 0 Å². The predicted octanol–water partition coefficient (Wildman–Crippen LogP) is 12.1. The van der Waals surface area contributed by atoms with Crippen LogP contribution in [0.1, 0.15) is 17.5 Å². The first kappa shape index (κ1) is 29.3. The van der Waals surface area contributed by atoms with Crippen molar-refractivity contribution < 1.29 is 8.83 Å². The zero-order valence-corrected chi connectivity index (χ0v) is 28.9. The number of furan rings is 2. The van der Waals surface area contributed by atoms with Gasteiger partial charge in [0.15, 0.2) is 0 Å². The first-order valence-corrected chi connectivity index (χ1v) is 18.5. The van der Waals surface area contributed by atoms with E-state index < -0.39 is 0 Å². The van der Waals surface area contributed by atoms with E-state index in [9.17, 15) is 0 Å². The molecule has 0 saturated carbocycles. The smallest absolute Gasteiger partial charge is 0.0981 e. The van der Waals surface area contributed by atoms with Crippen LogP contribution in [0.2, 0.25) is 0 Å². The number of hydrogen-bond donors (Lipinski definition) is 0. The lowest BCUT2D eigenvalue weighted by molar-refractivity contribution is 0.566. The molecule has 0 spiro atoms. The fourth-order valence-corrected chi connectivity index (χ4v) is 9.98. The molecule has 6 aromatic carbocycles. The Labute approximate surface area is 303 Å². The molecular formula is C49H30O2S. The molecule has 0 N–H and O–H groups in total. The summed E-state index contributed by atoms with van der Waals surface area (Å²) in [5.41, 5.74) is 12.4. The number of allylic oxidation sites excluding steroid dienone is 6. The lowest BCUT2D eigenvalue weighted by Crippen LogP contribution is -2.29. The number of thiophene rings is 1. The van der Waals surface area contributed by atoms with Crippen molar-refractivity contribution in [2.75, 3.05) is 0 Å². The van der Waals surface area contributed by atoms with Gasteiger partial charge in [0.2, 0.25) is 0 Å². The van der Waals surface area contributed by atoms with E-state index in [0.717, 1.165) is 17.5 Å². The normalized spacial score (nSPS) is 14.2. The Kier molecular flexibility index (Phi) is 6.52. The maximum absolute atomic E-state index is 5.64. The van der Waals surface area contributed by atoms with Crippen molar-refractivity contribution in [3.05, 3.63) is 203 Å². The molecule has 11 rings (SSSR count). The van der Waals surface area contributed by atoms with Crippen LogP contribution in [0.5, 0.6) is 0 Å². The molecule has 9 aromatic rings. The number of benzene rings is 6. The zero-order valence-electron chi connectivity index (χ0n) is 28.1. The topological polar surface area (TPSA) is 26.3 Å². The molecule has 0 saturated heterocycles. The van der Waals surface area contributed by atoms with E-state index in [4.69, 9.17) is 8.83 Å². The average Bonchev–Trinajstić information content (AvgIpc) is 3.94. The van der Waals surface area contributed by atoms with Crippen LogP contribution >= 0.6 is 11.3 Å². The molecule has 3 aromatic heterocycles. The van der Waals surface area contributed by atoms with Crippen molar-refractivity contribution in [3.63, 3.8) is 0 Å². The van der Waals surface area contributed by atoms with Gasteiger partial charge in [-0.3, -0.25) is 0 Å². The summed E-state index contributed by atoms with van der Waals surface area (Å²) in [6.45, 7) is 0. The minimum absolute atomic E-state index is 0.836. The van der Waals surface area contributed by atoms with E-state index in [1.54, 1.807) is 12.5 Å². The summed E-state index contributed by atoms with van der Waals surface area (Å²) in [6, 6.07) is 44.5. The SMILES string of the molecule is C1=CC=C2CC(=C1)C(c1ccoc1)=c1ccccc1=C2c1cccc2sc3c(-c4c5ccccc5c(-c5ccoc5)c5ccccc45)cccc3c12. The highest BCUT2D eigenvalue weighted by Crippen LogP contribution is 2.49. The molecule has 2 aliphatic rings. The first-order valence-electron chi connectivity index (χ1n) is 17.7. The van der Waals surface area contributed by atoms with Crippen molar-refractivity contribution in [2.45, 2.75) is 6.42 Å². The molecule has 0 radical (unpaired) electrons. The Hall–Kier alpha value is -6.42. The van der Waals surface area contributed by atoms with Crippen molar-refractivity contribution in [1.29, 1.82) is 0 Å². The molecule has 0 fully saturated rings. The minimum Gasteiger partial charge on any atom is -0.472 e. The molecule has 52 heavy (non-hydrogen) atoms. The Bertz CT molecular complexity index is 3070. The van der Waals surface area contributed by atoms with E-state index in [0.29, 0.717) is 0 Å². The van der Waals surface area contributed by atoms with Gasteiger partial charge in [0, 0.05) is 42.4 Å². The molecule has 2 nitrogen and oxygen atoms in total. The highest BCUT2D eigenvalue weighted by atomic mass is 32.1. The number of fused-ring (bicyclic) bond motifs is 8. The molecule has 3 heterocycles. The van der Waals surface area contributed by atoms with Crippen LogP contribution < -0.4 is 10.4 Å². The van der Waals surface area contributed by atoms with Gasteiger partial charge in [-0.25, -0.2) is 0 Å². The highest BCUT2D eigenvalue weighted by molar-refractivity contribution is 7.26. The molecular weight excluding hydrogens is 653 g/mol. The molecule has 3 heteroatoms. The summed E-state index contributed by atoms with van der Waals surface area (Å²) in [5, 5.41) is 10.0. The summed E-state index contributed by atoms with van der Waals surface area (Å²) in [4.78, 5) is 0. The summed E-state index contributed by atoms with van der Waals surface area (Å²) in [5.74, 6) is 0. The largest absolute Gasteiger partial charge is 0.472 e. The Morgan fingerprint density at radius 1 is 0.462 bits per heavy atom. The van der Waals surface area contributed by atoms with Crippen LogP contribution in [0.15, 0.2) is 191 Å². The van der Waals surface area contributed by atoms with Gasteiger partial charge < -0.3 is 8.83 Å². The minimum atomic E-state index is 0.836. The number of rotatable bonds is 4. The van der Waals surface area contributed by atoms with Crippen LogP contribution in [-0.2, 0) is 0 Å². The van der Waals surface area contributed by atoms with Gasteiger partial charge in [0.1, 0.15) is 0 Å². The van der Waals surface area contributed by atoms with Crippen LogP contribution in [0.25, 0.3) is 75.1 Å². The second-order valence-corrected chi connectivity index (χ2v) is 14.6. The average molecular weight is 683 g/mol. The summed E-state index contributed by atoms with van der Waals surface area (Å²) in [6.07, 6.45) is 17.1. The number of hydrogen-bond acceptors (Lipinski definition) is 3. The van der Waals surface area contributed by atoms with E-state index >= 15 is 0 Å². The van der Waals surface area contributed by atoms with E-state index in [1.807, 2.05) is 23.9 Å². The fourth-order valence-electron chi connectivity index (χ4n) is 8.73. The third-order valence-electron chi connectivity index (χ3n) is 10.8. The predicted molar refractivity (Wildman–Crippen MR) is 217 cm³/mol. The van der Waals surface area contributed by atoms with Gasteiger partial charge in [-0.15, -0.1) is 11.3 Å². The fraction of sp³-hybridized carbons (Fsp3) is 0.0204. The van der Waals surface area contributed by atoms with Gasteiger partial charge in [-0.05, 0) is 90.0 Å². The van der Waals surface area contributed by atoms with Crippen molar-refractivity contribution in [3.8, 4) is 22.3 Å². The van der Waals surface area contributed by atoms with Crippen molar-refractivity contribution >= 4 is 64.2 Å². The summed E-state index contributed by atoms with van der Waals surface area (Å²) >= 11 is 1.90. The molecule has 2 aliphatic carbocycles. The van der Waals surface area contributed by atoms with Crippen LogP contribution in [0.4, 0.5) is 0 Å². The van der Waals surface area contributed by atoms with Gasteiger partial charge in [-0.1, -0.05) is 127 Å². The van der Waals surface area contributed by atoms with Gasteiger partial charge in [0.05, 0.1) is 25.1 Å². The first-order chi connectivity index (χ1) is 25.8. The standard InChI is InChI=1S/C49H30O2S/c1-2-12-31-27-30(11-1)44(32-23-25-50-28-32)34-13-3-4-14-35(34)45(31)40-19-10-22-43-48(40)42-21-9-20-41(49(42)52-43)47-38-17-7-5-15-36(38)46(33-24-26-51-29-33)37-16-6-8-18-39(37)47/h1-26,28-29H,27H2. The van der Waals surface area contributed by atoms with Gasteiger partial charge in [0.25, 0.3) is 0 Å². The maximum atomic E-state index is 5.64. The Morgan fingerprint density at radius 3 is 1.69 bits per heavy atom. The third-order valence-corrected chi connectivity index (χ3v) is 12.0. The second-order valence-electron chi connectivity index (χ2n) is 13.6. The lowest BCUT2D eigenvalue weighted by atomic mass is 9.86. The van der Waals surface area contributed by atoms with Crippen LogP contribution in [-0.4, -0.2) is 0 Å². The zero-order chi connectivity index (χ0) is 34.2. The Morgan fingerprint density at radius 2 is 1.02 bits per heavy atom. The monoisotopic (exact) mass is 682 g/mol. The van der Waals surface area contributed by atoms with E-state index in [1.165, 1.54) is 96.7 Å². The summed E-state index contributed by atoms with van der Waals surface area (Å²) < 4.78 is 13.8. The Balaban J connectivity index is 1.25. The van der Waals surface area contributed by atoms with Crippen LogP contribution in [0, 0.1) is 0 Å². The van der Waals surface area contributed by atoms with E-state index in [-0.39, 0.29) is 0 Å². The quantitative estimate of drug-likeness (QED) is 0.173. The lowest BCUT2D eigenvalue weighted by Gasteiger charge is -2.17. The van der Waals surface area contributed by atoms with Crippen molar-refractivity contribution in [1.82, 2.24) is 0 Å². The molecule has 244 valence electrons. The van der Waals surface area contributed by atoms with Gasteiger partial charge >= 0.3 is 0 Å². The third kappa shape index (κ3) is 4.30. The highest BCUT2D eigenvalue weighted by Gasteiger charge is 2.25. The molecule has 0 aliphatic heterocycles. The van der Waals surface area contributed by atoms with Gasteiger partial charge in [-0.2, -0.15) is 0 Å². The molecule has 0 amide bonds. The molecule has 0 unspecified atom stereocenters. The molecule has 2 bridgehead atoms. The van der Waals surface area contributed by atoms with Crippen molar-refractivity contribution in [2.24, 2.45) is 0 Å². The maximum Gasteiger partial charge on any atom is 0.0981 e. The second kappa shape index (κ2) is 11.6. The van der Waals surface area contributed by atoms with E-state index in [2.05, 4.69) is 146 Å². The molecule has 0 atom stereocenters. The summed E-state index contributed by atoms with van der Waals surface area (Å²) in [7, 11) is 0.